The van der Waals surface area contributed by atoms with Crippen molar-refractivity contribution in [1.82, 2.24) is 9.97 Å². The van der Waals surface area contributed by atoms with E-state index < -0.39 is 17.8 Å². The molecule has 0 spiro atoms. The number of halogens is 3. The van der Waals surface area contributed by atoms with Crippen molar-refractivity contribution in [3.63, 3.8) is 0 Å². The van der Waals surface area contributed by atoms with Crippen molar-refractivity contribution in [2.75, 3.05) is 11.1 Å². The van der Waals surface area contributed by atoms with Crippen LogP contribution in [0, 0.1) is 0 Å². The molecule has 2 heterocycles. The molecule has 0 radical (unpaired) electrons. The summed E-state index contributed by atoms with van der Waals surface area (Å²) in [4.78, 5) is 6.86. The molecule has 0 amide bonds. The zero-order valence-corrected chi connectivity index (χ0v) is 9.90. The molecule has 2 aromatic rings. The van der Waals surface area contributed by atoms with Crippen LogP contribution >= 0.6 is 0 Å². The van der Waals surface area contributed by atoms with Crippen LogP contribution in [-0.2, 0) is 6.18 Å². The topological polar surface area (TPSA) is 77.0 Å². The lowest BCUT2D eigenvalue weighted by Gasteiger charge is -2.14. The molecule has 2 rings (SSSR count). The number of rotatable bonds is 3. The summed E-state index contributed by atoms with van der Waals surface area (Å²) in [6.07, 6.45) is -3.09. The third kappa shape index (κ3) is 3.15. The van der Waals surface area contributed by atoms with Gasteiger partial charge >= 0.3 is 6.18 Å². The zero-order chi connectivity index (χ0) is 14.0. The van der Waals surface area contributed by atoms with Gasteiger partial charge in [-0.25, -0.2) is 4.98 Å². The molecule has 0 aliphatic carbocycles. The van der Waals surface area contributed by atoms with Crippen molar-refractivity contribution in [2.45, 2.75) is 19.1 Å². The van der Waals surface area contributed by atoms with Gasteiger partial charge in [0.15, 0.2) is 5.69 Å². The summed E-state index contributed by atoms with van der Waals surface area (Å²) < 4.78 is 42.8. The summed E-state index contributed by atoms with van der Waals surface area (Å²) in [5.74, 6) is 0.124. The van der Waals surface area contributed by atoms with Crippen molar-refractivity contribution >= 4 is 11.8 Å². The lowest BCUT2D eigenvalue weighted by atomic mass is 10.2. The largest absolute Gasteiger partial charge is 0.467 e. The van der Waals surface area contributed by atoms with Gasteiger partial charge in [0.1, 0.15) is 11.6 Å². The maximum absolute atomic E-state index is 12.6. The Bertz CT molecular complexity index is 554. The number of furan rings is 1. The number of nitrogens with one attached hydrogen (secondary N) is 1. The highest BCUT2D eigenvalue weighted by atomic mass is 19.4. The molecule has 2 aromatic heterocycles. The van der Waals surface area contributed by atoms with Gasteiger partial charge in [-0.15, -0.1) is 0 Å². The van der Waals surface area contributed by atoms with E-state index in [1.807, 2.05) is 0 Å². The van der Waals surface area contributed by atoms with Crippen molar-refractivity contribution in [3.8, 4) is 0 Å². The molecule has 0 aromatic carbocycles. The smallest absolute Gasteiger partial charge is 0.433 e. The maximum atomic E-state index is 12.6. The minimum absolute atomic E-state index is 0.0104. The molecule has 8 heteroatoms. The molecule has 3 N–H and O–H groups in total. The lowest BCUT2D eigenvalue weighted by Crippen LogP contribution is -2.14. The third-order valence-corrected chi connectivity index (χ3v) is 2.37. The highest BCUT2D eigenvalue weighted by molar-refractivity contribution is 5.42. The second kappa shape index (κ2) is 4.79. The lowest BCUT2D eigenvalue weighted by molar-refractivity contribution is -0.141. The van der Waals surface area contributed by atoms with Gasteiger partial charge in [0.25, 0.3) is 0 Å². The first-order valence-electron chi connectivity index (χ1n) is 5.38. The Labute approximate surface area is 106 Å². The molecule has 0 aliphatic rings. The van der Waals surface area contributed by atoms with Crippen LogP contribution in [0.4, 0.5) is 24.9 Å². The molecule has 102 valence electrons. The van der Waals surface area contributed by atoms with E-state index >= 15 is 0 Å². The normalized spacial score (nSPS) is 13.3. The minimum atomic E-state index is -4.57. The summed E-state index contributed by atoms with van der Waals surface area (Å²) in [5.41, 5.74) is 4.18. The van der Waals surface area contributed by atoms with E-state index in [1.54, 1.807) is 19.1 Å². The van der Waals surface area contributed by atoms with Crippen LogP contribution in [0.25, 0.3) is 0 Å². The average molecular weight is 272 g/mol. The second-order valence-electron chi connectivity index (χ2n) is 3.88. The molecule has 19 heavy (non-hydrogen) atoms. The molecule has 0 saturated carbocycles. The first-order chi connectivity index (χ1) is 8.86. The zero-order valence-electron chi connectivity index (χ0n) is 9.90. The number of anilines is 2. The van der Waals surface area contributed by atoms with Crippen LogP contribution in [0.15, 0.2) is 28.9 Å². The number of nitrogen functional groups attached to an aromatic ring is 1. The van der Waals surface area contributed by atoms with E-state index in [1.165, 1.54) is 6.26 Å². The van der Waals surface area contributed by atoms with Crippen LogP contribution in [0.5, 0.6) is 0 Å². The fourth-order valence-electron chi connectivity index (χ4n) is 1.52. The maximum Gasteiger partial charge on any atom is 0.433 e. The van der Waals surface area contributed by atoms with E-state index in [2.05, 4.69) is 15.3 Å². The summed E-state index contributed by atoms with van der Waals surface area (Å²) in [7, 11) is 0. The van der Waals surface area contributed by atoms with Gasteiger partial charge in [-0.05, 0) is 19.1 Å². The van der Waals surface area contributed by atoms with E-state index in [-0.39, 0.29) is 11.9 Å². The van der Waals surface area contributed by atoms with Gasteiger partial charge in [0.2, 0.25) is 5.95 Å². The molecular weight excluding hydrogens is 261 g/mol. The Hall–Kier alpha value is -2.25. The van der Waals surface area contributed by atoms with Crippen LogP contribution in [0.2, 0.25) is 0 Å². The number of nitrogens with zero attached hydrogens (tertiary/aromatic N) is 2. The van der Waals surface area contributed by atoms with Crippen LogP contribution in [0.1, 0.15) is 24.4 Å². The first-order valence-corrected chi connectivity index (χ1v) is 5.38. The molecule has 0 saturated heterocycles. The number of hydrogen-bond donors (Lipinski definition) is 2. The summed E-state index contributed by atoms with van der Waals surface area (Å²) in [6.45, 7) is 1.73. The summed E-state index contributed by atoms with van der Waals surface area (Å²) in [6, 6.07) is 3.84. The molecule has 5 nitrogen and oxygen atoms in total. The number of aromatic nitrogens is 2. The fraction of sp³-hybridized carbons (Fsp3) is 0.273. The third-order valence-electron chi connectivity index (χ3n) is 2.37. The van der Waals surface area contributed by atoms with Gasteiger partial charge < -0.3 is 15.5 Å². The van der Waals surface area contributed by atoms with E-state index in [0.29, 0.717) is 5.76 Å². The van der Waals surface area contributed by atoms with Crippen molar-refractivity contribution in [1.29, 1.82) is 0 Å². The Morgan fingerprint density at radius 1 is 1.37 bits per heavy atom. The highest BCUT2D eigenvalue weighted by Gasteiger charge is 2.33. The predicted octanol–water partition coefficient (Wildman–Crippen LogP) is 2.84. The second-order valence-corrected chi connectivity index (χ2v) is 3.88. The van der Waals surface area contributed by atoms with Crippen molar-refractivity contribution < 1.29 is 17.6 Å². The molecule has 0 bridgehead atoms. The van der Waals surface area contributed by atoms with Crippen molar-refractivity contribution in [3.05, 3.63) is 35.9 Å². The van der Waals surface area contributed by atoms with Crippen molar-refractivity contribution in [2.24, 2.45) is 0 Å². The average Bonchev–Trinajstić information content (AvgIpc) is 2.80. The Morgan fingerprint density at radius 2 is 2.11 bits per heavy atom. The minimum Gasteiger partial charge on any atom is -0.467 e. The fourth-order valence-corrected chi connectivity index (χ4v) is 1.52. The van der Waals surface area contributed by atoms with Crippen LogP contribution in [-0.4, -0.2) is 9.97 Å². The van der Waals surface area contributed by atoms with Gasteiger partial charge in [0, 0.05) is 6.07 Å². The Morgan fingerprint density at radius 3 is 2.68 bits per heavy atom. The predicted molar refractivity (Wildman–Crippen MR) is 62.2 cm³/mol. The summed E-state index contributed by atoms with van der Waals surface area (Å²) >= 11 is 0. The van der Waals surface area contributed by atoms with Gasteiger partial charge in [-0.3, -0.25) is 0 Å². The molecule has 1 unspecified atom stereocenters. The summed E-state index contributed by atoms with van der Waals surface area (Å²) in [5, 5.41) is 2.77. The van der Waals surface area contributed by atoms with Crippen LogP contribution in [0.3, 0.4) is 0 Å². The number of alkyl halides is 3. The van der Waals surface area contributed by atoms with E-state index in [0.717, 1.165) is 6.07 Å². The quantitative estimate of drug-likeness (QED) is 0.898. The number of hydrogen-bond acceptors (Lipinski definition) is 5. The molecule has 0 fully saturated rings. The van der Waals surface area contributed by atoms with Crippen LogP contribution < -0.4 is 11.1 Å². The Balaban J connectivity index is 2.23. The number of nitrogens with two attached hydrogens (primary N) is 1. The SMILES string of the molecule is CC(Nc1cc(C(F)(F)F)nc(N)n1)c1ccco1. The van der Waals surface area contributed by atoms with Gasteiger partial charge in [-0.1, -0.05) is 0 Å². The highest BCUT2D eigenvalue weighted by Crippen LogP contribution is 2.30. The monoisotopic (exact) mass is 272 g/mol. The molecule has 1 atom stereocenters. The first kappa shape index (κ1) is 13.2. The van der Waals surface area contributed by atoms with E-state index in [9.17, 15) is 13.2 Å². The Kier molecular flexibility index (Phi) is 3.32. The van der Waals surface area contributed by atoms with Gasteiger partial charge in [-0.2, -0.15) is 18.2 Å². The molecule has 0 aliphatic heterocycles. The van der Waals surface area contributed by atoms with Gasteiger partial charge in [0.05, 0.1) is 12.3 Å². The molecular formula is C11H11F3N4O. The standard InChI is InChI=1S/C11H11F3N4O/c1-6(7-3-2-4-19-7)16-9-5-8(11(12,13)14)17-10(15)18-9/h2-6H,1H3,(H3,15,16,17,18). The van der Waals surface area contributed by atoms with E-state index in [4.69, 9.17) is 10.2 Å².